The second-order valence-corrected chi connectivity index (χ2v) is 6.10. The van der Waals surface area contributed by atoms with Crippen LogP contribution in [0.4, 0.5) is 4.79 Å². The van der Waals surface area contributed by atoms with E-state index in [4.69, 9.17) is 16.3 Å². The molecule has 0 saturated carbocycles. The summed E-state index contributed by atoms with van der Waals surface area (Å²) in [6.45, 7) is 7.21. The minimum Gasteiger partial charge on any atom is -0.444 e. The Morgan fingerprint density at radius 3 is 2.50 bits per heavy atom. The van der Waals surface area contributed by atoms with Crippen molar-refractivity contribution in [1.29, 1.82) is 0 Å². The average molecular weight is 298 g/mol. The number of aryl methyl sites for hydroxylation is 1. The van der Waals surface area contributed by atoms with Crippen molar-refractivity contribution in [1.82, 2.24) is 4.90 Å². The van der Waals surface area contributed by atoms with Crippen LogP contribution in [0, 0.1) is 6.92 Å². The molecule has 0 aliphatic carbocycles. The molecule has 110 valence electrons. The fourth-order valence-electron chi connectivity index (χ4n) is 1.71. The van der Waals surface area contributed by atoms with Gasteiger partial charge in [0.2, 0.25) is 0 Å². The minimum absolute atomic E-state index is 0.447. The van der Waals surface area contributed by atoms with Crippen LogP contribution in [-0.4, -0.2) is 29.9 Å². The number of likely N-dealkylation sites (N-methyl/N-ethyl adjacent to an activating group) is 1. The maximum absolute atomic E-state index is 12.0. The number of hydrogen-bond acceptors (Lipinski definition) is 3. The minimum atomic E-state index is -0.766. The Bertz CT molecular complexity index is 508. The molecule has 1 amide bonds. The van der Waals surface area contributed by atoms with E-state index in [1.54, 1.807) is 32.9 Å². The first-order valence-electron chi connectivity index (χ1n) is 6.33. The quantitative estimate of drug-likeness (QED) is 0.798. The van der Waals surface area contributed by atoms with Crippen molar-refractivity contribution >= 4 is 24.0 Å². The summed E-state index contributed by atoms with van der Waals surface area (Å²) in [7, 11) is 1.52. The summed E-state index contributed by atoms with van der Waals surface area (Å²) >= 11 is 6.11. The Labute approximate surface area is 124 Å². The standard InChI is InChI=1S/C15H20ClNO3/c1-10-6-7-12(16)11(8-10)13(9-18)17(5)14(19)20-15(2,3)4/h6-9,13H,1-5H3. The molecule has 1 aromatic carbocycles. The first kappa shape index (κ1) is 16.5. The summed E-state index contributed by atoms with van der Waals surface area (Å²) in [5.74, 6) is 0. The van der Waals surface area contributed by atoms with Gasteiger partial charge in [-0.1, -0.05) is 29.3 Å². The first-order chi connectivity index (χ1) is 9.15. The summed E-state index contributed by atoms with van der Waals surface area (Å²) in [6, 6.07) is 4.59. The second-order valence-electron chi connectivity index (χ2n) is 5.70. The van der Waals surface area contributed by atoms with Gasteiger partial charge in [0.25, 0.3) is 0 Å². The predicted molar refractivity (Wildman–Crippen MR) is 79.0 cm³/mol. The van der Waals surface area contributed by atoms with E-state index in [1.165, 1.54) is 11.9 Å². The van der Waals surface area contributed by atoms with Crippen LogP contribution in [-0.2, 0) is 9.53 Å². The van der Waals surface area contributed by atoms with Gasteiger partial charge in [-0.05, 0) is 33.8 Å². The Kier molecular flexibility index (Phi) is 5.17. The van der Waals surface area contributed by atoms with Gasteiger partial charge in [-0.15, -0.1) is 0 Å². The summed E-state index contributed by atoms with van der Waals surface area (Å²) in [6.07, 6.45) is 0.122. The normalized spacial score (nSPS) is 12.7. The Balaban J connectivity index is 3.04. The number of rotatable bonds is 3. The van der Waals surface area contributed by atoms with E-state index in [1.807, 2.05) is 13.0 Å². The number of carbonyl (C=O) groups is 2. The van der Waals surface area contributed by atoms with Crippen molar-refractivity contribution < 1.29 is 14.3 Å². The molecule has 1 aromatic rings. The third kappa shape index (κ3) is 4.23. The van der Waals surface area contributed by atoms with Crippen LogP contribution < -0.4 is 0 Å². The van der Waals surface area contributed by atoms with E-state index < -0.39 is 17.7 Å². The number of carbonyl (C=O) groups excluding carboxylic acids is 2. The van der Waals surface area contributed by atoms with Crippen LogP contribution in [0.25, 0.3) is 0 Å². The highest BCUT2D eigenvalue weighted by molar-refractivity contribution is 6.31. The second kappa shape index (κ2) is 6.27. The Morgan fingerprint density at radius 2 is 2.00 bits per heavy atom. The third-order valence-electron chi connectivity index (χ3n) is 2.70. The largest absolute Gasteiger partial charge is 0.444 e. The van der Waals surface area contributed by atoms with Gasteiger partial charge in [0.1, 0.15) is 17.9 Å². The molecule has 0 fully saturated rings. The monoisotopic (exact) mass is 297 g/mol. The molecule has 0 N–H and O–H groups in total. The van der Waals surface area contributed by atoms with Crippen molar-refractivity contribution in [2.24, 2.45) is 0 Å². The van der Waals surface area contributed by atoms with Gasteiger partial charge in [-0.2, -0.15) is 0 Å². The van der Waals surface area contributed by atoms with Crippen molar-refractivity contribution in [2.75, 3.05) is 7.05 Å². The van der Waals surface area contributed by atoms with Crippen molar-refractivity contribution in [2.45, 2.75) is 39.3 Å². The van der Waals surface area contributed by atoms with Crippen LogP contribution >= 0.6 is 11.6 Å². The molecule has 1 atom stereocenters. The number of aldehydes is 1. The zero-order chi connectivity index (χ0) is 15.5. The van der Waals surface area contributed by atoms with Crippen molar-refractivity contribution in [3.63, 3.8) is 0 Å². The van der Waals surface area contributed by atoms with Crippen molar-refractivity contribution in [3.05, 3.63) is 34.3 Å². The number of hydrogen-bond donors (Lipinski definition) is 0. The van der Waals surface area contributed by atoms with E-state index in [-0.39, 0.29) is 0 Å². The fourth-order valence-corrected chi connectivity index (χ4v) is 1.94. The molecule has 0 saturated heterocycles. The molecule has 1 rings (SSSR count). The van der Waals surface area contributed by atoms with Crippen LogP contribution in [0.1, 0.15) is 37.9 Å². The molecular formula is C15H20ClNO3. The lowest BCUT2D eigenvalue weighted by Gasteiger charge is -2.28. The van der Waals surface area contributed by atoms with Crippen LogP contribution in [0.3, 0.4) is 0 Å². The number of benzene rings is 1. The summed E-state index contributed by atoms with van der Waals surface area (Å²) in [4.78, 5) is 24.7. The van der Waals surface area contributed by atoms with E-state index in [0.717, 1.165) is 5.56 Å². The number of nitrogens with zero attached hydrogens (tertiary/aromatic N) is 1. The zero-order valence-electron chi connectivity index (χ0n) is 12.4. The number of amides is 1. The average Bonchev–Trinajstić information content (AvgIpc) is 2.32. The van der Waals surface area contributed by atoms with Crippen LogP contribution in [0.15, 0.2) is 18.2 Å². The van der Waals surface area contributed by atoms with Gasteiger partial charge in [0.05, 0.1) is 0 Å². The Hall–Kier alpha value is -1.55. The fraction of sp³-hybridized carbons (Fsp3) is 0.467. The maximum Gasteiger partial charge on any atom is 0.410 e. The van der Waals surface area contributed by atoms with Crippen LogP contribution in [0.2, 0.25) is 5.02 Å². The van der Waals surface area contributed by atoms with E-state index in [9.17, 15) is 9.59 Å². The van der Waals surface area contributed by atoms with Crippen molar-refractivity contribution in [3.8, 4) is 0 Å². The molecule has 20 heavy (non-hydrogen) atoms. The molecule has 5 heteroatoms. The molecule has 1 unspecified atom stereocenters. The van der Waals surface area contributed by atoms with Gasteiger partial charge in [-0.3, -0.25) is 4.90 Å². The maximum atomic E-state index is 12.0. The van der Waals surface area contributed by atoms with Gasteiger partial charge >= 0.3 is 6.09 Å². The molecular weight excluding hydrogens is 278 g/mol. The summed E-state index contributed by atoms with van der Waals surface area (Å²) in [5, 5.41) is 0.447. The lowest BCUT2D eigenvalue weighted by atomic mass is 10.0. The lowest BCUT2D eigenvalue weighted by molar-refractivity contribution is -0.112. The molecule has 0 aliphatic rings. The van der Waals surface area contributed by atoms with E-state index in [0.29, 0.717) is 16.9 Å². The molecule has 0 heterocycles. The topological polar surface area (TPSA) is 46.6 Å². The SMILES string of the molecule is Cc1ccc(Cl)c(C(C=O)N(C)C(=O)OC(C)(C)C)c1. The molecule has 0 spiro atoms. The number of ether oxygens (including phenoxy) is 1. The van der Waals surface area contributed by atoms with Gasteiger partial charge in [0.15, 0.2) is 0 Å². The lowest BCUT2D eigenvalue weighted by Crippen LogP contribution is -2.37. The van der Waals surface area contributed by atoms with E-state index in [2.05, 4.69) is 0 Å². The highest BCUT2D eigenvalue weighted by atomic mass is 35.5. The summed E-state index contributed by atoms with van der Waals surface area (Å²) < 4.78 is 5.26. The van der Waals surface area contributed by atoms with Gasteiger partial charge in [-0.25, -0.2) is 4.79 Å². The third-order valence-corrected chi connectivity index (χ3v) is 3.04. The van der Waals surface area contributed by atoms with Crippen LogP contribution in [0.5, 0.6) is 0 Å². The van der Waals surface area contributed by atoms with Gasteiger partial charge < -0.3 is 9.53 Å². The van der Waals surface area contributed by atoms with E-state index >= 15 is 0 Å². The highest BCUT2D eigenvalue weighted by Crippen LogP contribution is 2.27. The number of halogens is 1. The zero-order valence-corrected chi connectivity index (χ0v) is 13.2. The predicted octanol–water partition coefficient (Wildman–Crippen LogP) is 3.76. The molecule has 0 radical (unpaired) electrons. The highest BCUT2D eigenvalue weighted by Gasteiger charge is 2.27. The molecule has 4 nitrogen and oxygen atoms in total. The first-order valence-corrected chi connectivity index (χ1v) is 6.70. The van der Waals surface area contributed by atoms with Gasteiger partial charge in [0, 0.05) is 17.6 Å². The Morgan fingerprint density at radius 1 is 1.40 bits per heavy atom. The molecule has 0 aliphatic heterocycles. The summed E-state index contributed by atoms with van der Waals surface area (Å²) in [5.41, 5.74) is 0.943. The smallest absolute Gasteiger partial charge is 0.410 e. The molecule has 0 aromatic heterocycles. The molecule has 0 bridgehead atoms.